The Kier molecular flexibility index (Phi) is 5.30. The van der Waals surface area contributed by atoms with Crippen molar-refractivity contribution in [2.75, 3.05) is 0 Å². The van der Waals surface area contributed by atoms with Crippen LogP contribution in [0, 0.1) is 0 Å². The fourth-order valence-corrected chi connectivity index (χ4v) is 5.96. The lowest BCUT2D eigenvalue weighted by molar-refractivity contribution is 0.612. The molecule has 2 aliphatic carbocycles. The molecule has 0 saturated heterocycles. The van der Waals surface area contributed by atoms with Crippen LogP contribution in [-0.4, -0.2) is 9.97 Å². The number of hydrogen-bond acceptors (Lipinski definition) is 2. The van der Waals surface area contributed by atoms with Gasteiger partial charge in [0.15, 0.2) is 5.82 Å². The van der Waals surface area contributed by atoms with E-state index in [1.165, 1.54) is 22.3 Å². The van der Waals surface area contributed by atoms with Gasteiger partial charge < -0.3 is 0 Å². The van der Waals surface area contributed by atoms with Crippen LogP contribution in [0.1, 0.15) is 54.1 Å². The van der Waals surface area contributed by atoms with Crippen molar-refractivity contribution in [2.24, 2.45) is 0 Å². The van der Waals surface area contributed by atoms with Crippen LogP contribution < -0.4 is 0 Å². The highest BCUT2D eigenvalue weighted by Gasteiger charge is 2.54. The quantitative estimate of drug-likeness (QED) is 0.277. The van der Waals surface area contributed by atoms with Crippen molar-refractivity contribution in [3.05, 3.63) is 143 Å². The van der Waals surface area contributed by atoms with Crippen molar-refractivity contribution in [1.82, 2.24) is 9.97 Å². The zero-order chi connectivity index (χ0) is 23.8. The van der Waals surface area contributed by atoms with Gasteiger partial charge in [-0.3, -0.25) is 0 Å². The lowest BCUT2D eigenvalue weighted by atomic mass is 9.72. The van der Waals surface area contributed by atoms with Crippen LogP contribution in [0.25, 0.3) is 22.6 Å². The standard InChI is InChI=1S/C31H22N2.C2H6/c1-3-11-21(12-4-1)28-19-29(33-30(32-28)22-13-5-2-6-14-22)31-20-25(23-15-7-9-17-26(23)31)24-16-8-10-18-27(24)31;1-2/h1-19,25H,20H2;1-2H3. The maximum absolute atomic E-state index is 5.27. The van der Waals surface area contributed by atoms with E-state index in [1.54, 1.807) is 0 Å². The first-order valence-electron chi connectivity index (χ1n) is 12.5. The highest BCUT2D eigenvalue weighted by atomic mass is 14.9. The molecule has 35 heavy (non-hydrogen) atoms. The summed E-state index contributed by atoms with van der Waals surface area (Å²) in [6.45, 7) is 4.00. The Morgan fingerprint density at radius 3 is 1.71 bits per heavy atom. The van der Waals surface area contributed by atoms with Crippen LogP contribution in [0.5, 0.6) is 0 Å². The molecule has 0 saturated carbocycles. The summed E-state index contributed by atoms with van der Waals surface area (Å²) < 4.78 is 0. The molecule has 7 rings (SSSR count). The summed E-state index contributed by atoms with van der Waals surface area (Å²) in [7, 11) is 0. The molecule has 0 fully saturated rings. The lowest BCUT2D eigenvalue weighted by Crippen LogP contribution is -2.27. The second kappa shape index (κ2) is 8.63. The predicted octanol–water partition coefficient (Wildman–Crippen LogP) is 8.02. The Bertz CT molecular complexity index is 1380. The van der Waals surface area contributed by atoms with Crippen LogP contribution >= 0.6 is 0 Å². The second-order valence-corrected chi connectivity index (χ2v) is 9.03. The molecule has 2 nitrogen and oxygen atoms in total. The van der Waals surface area contributed by atoms with Gasteiger partial charge in [0.1, 0.15) is 0 Å². The summed E-state index contributed by atoms with van der Waals surface area (Å²) in [6, 6.07) is 40.9. The molecule has 0 radical (unpaired) electrons. The lowest BCUT2D eigenvalue weighted by Gasteiger charge is -2.31. The molecule has 5 aromatic rings. The number of benzene rings is 4. The number of aromatic nitrogens is 2. The number of fused-ring (bicyclic) bond motifs is 8. The minimum Gasteiger partial charge on any atom is -0.232 e. The predicted molar refractivity (Wildman–Crippen MR) is 143 cm³/mol. The van der Waals surface area contributed by atoms with Gasteiger partial charge in [-0.2, -0.15) is 0 Å². The van der Waals surface area contributed by atoms with Gasteiger partial charge in [-0.05, 0) is 34.7 Å². The fourth-order valence-electron chi connectivity index (χ4n) is 5.96. The molecule has 2 bridgehead atoms. The molecule has 0 amide bonds. The highest BCUT2D eigenvalue weighted by molar-refractivity contribution is 5.71. The van der Waals surface area contributed by atoms with Gasteiger partial charge in [0, 0.05) is 17.0 Å². The summed E-state index contributed by atoms with van der Waals surface area (Å²) in [5, 5.41) is 0. The summed E-state index contributed by atoms with van der Waals surface area (Å²) >= 11 is 0. The summed E-state index contributed by atoms with van der Waals surface area (Å²) in [5.41, 5.74) is 9.65. The van der Waals surface area contributed by atoms with Crippen LogP contribution in [0.4, 0.5) is 0 Å². The smallest absolute Gasteiger partial charge is 0.160 e. The minimum absolute atomic E-state index is 0.242. The largest absolute Gasteiger partial charge is 0.232 e. The maximum Gasteiger partial charge on any atom is 0.160 e. The Labute approximate surface area is 207 Å². The molecular formula is C33H28N2. The molecule has 0 aliphatic heterocycles. The van der Waals surface area contributed by atoms with Gasteiger partial charge in [-0.15, -0.1) is 0 Å². The Morgan fingerprint density at radius 2 is 1.11 bits per heavy atom. The minimum atomic E-state index is -0.242. The van der Waals surface area contributed by atoms with Gasteiger partial charge in [-0.1, -0.05) is 123 Å². The Balaban J connectivity index is 0.00000112. The van der Waals surface area contributed by atoms with Crippen molar-refractivity contribution in [1.29, 1.82) is 0 Å². The maximum atomic E-state index is 5.27. The molecule has 0 spiro atoms. The van der Waals surface area contributed by atoms with E-state index in [2.05, 4.69) is 103 Å². The summed E-state index contributed by atoms with van der Waals surface area (Å²) in [4.78, 5) is 10.3. The van der Waals surface area contributed by atoms with E-state index in [4.69, 9.17) is 9.97 Å². The van der Waals surface area contributed by atoms with Crippen molar-refractivity contribution < 1.29 is 0 Å². The van der Waals surface area contributed by atoms with Crippen molar-refractivity contribution in [3.63, 3.8) is 0 Å². The first-order valence-corrected chi connectivity index (χ1v) is 12.5. The number of nitrogens with zero attached hydrogens (tertiary/aromatic N) is 2. The van der Waals surface area contributed by atoms with Crippen LogP contribution in [0.2, 0.25) is 0 Å². The van der Waals surface area contributed by atoms with Gasteiger partial charge >= 0.3 is 0 Å². The van der Waals surface area contributed by atoms with Crippen LogP contribution in [0.3, 0.4) is 0 Å². The average molecular weight is 453 g/mol. The molecule has 0 N–H and O–H groups in total. The van der Waals surface area contributed by atoms with Gasteiger partial charge in [0.05, 0.1) is 16.8 Å². The second-order valence-electron chi connectivity index (χ2n) is 9.03. The Morgan fingerprint density at radius 1 is 0.600 bits per heavy atom. The van der Waals surface area contributed by atoms with Crippen molar-refractivity contribution >= 4 is 0 Å². The Hall–Kier alpha value is -4.04. The number of hydrogen-bond donors (Lipinski definition) is 0. The molecule has 170 valence electrons. The molecule has 1 aromatic heterocycles. The molecule has 0 atom stereocenters. The fraction of sp³-hybridized carbons (Fsp3) is 0.152. The van der Waals surface area contributed by atoms with Crippen molar-refractivity contribution in [2.45, 2.75) is 31.6 Å². The third kappa shape index (κ3) is 3.24. The monoisotopic (exact) mass is 452 g/mol. The molecule has 1 heterocycles. The zero-order valence-electron chi connectivity index (χ0n) is 20.1. The van der Waals surface area contributed by atoms with Gasteiger partial charge in [0.25, 0.3) is 0 Å². The van der Waals surface area contributed by atoms with E-state index in [-0.39, 0.29) is 5.41 Å². The van der Waals surface area contributed by atoms with Gasteiger partial charge in [-0.25, -0.2) is 9.97 Å². The third-order valence-electron chi connectivity index (χ3n) is 7.37. The topological polar surface area (TPSA) is 25.8 Å². The van der Waals surface area contributed by atoms with E-state index >= 15 is 0 Å². The normalized spacial score (nSPS) is 18.9. The summed E-state index contributed by atoms with van der Waals surface area (Å²) in [6.07, 6.45) is 1.03. The van der Waals surface area contributed by atoms with Gasteiger partial charge in [0.2, 0.25) is 0 Å². The average Bonchev–Trinajstić information content (AvgIpc) is 3.49. The van der Waals surface area contributed by atoms with E-state index in [9.17, 15) is 0 Å². The summed E-state index contributed by atoms with van der Waals surface area (Å²) in [5.74, 6) is 1.21. The molecule has 4 aromatic carbocycles. The molecule has 0 unspecified atom stereocenters. The molecule has 2 heteroatoms. The molecule has 2 aliphatic rings. The van der Waals surface area contributed by atoms with Crippen molar-refractivity contribution in [3.8, 4) is 22.6 Å². The third-order valence-corrected chi connectivity index (χ3v) is 7.37. The first-order chi connectivity index (χ1) is 17.3. The SMILES string of the molecule is CC.c1ccc(-c2cc(C34CC(c5ccccc53)c3ccccc34)nc(-c3ccccc3)n2)cc1. The van der Waals surface area contributed by atoms with E-state index in [0.29, 0.717) is 5.92 Å². The first kappa shape index (κ1) is 21.5. The number of rotatable bonds is 3. The van der Waals surface area contributed by atoms with Crippen LogP contribution in [0.15, 0.2) is 115 Å². The highest BCUT2D eigenvalue weighted by Crippen LogP contribution is 2.62. The molecular weight excluding hydrogens is 424 g/mol. The zero-order valence-corrected chi connectivity index (χ0v) is 20.1. The van der Waals surface area contributed by atoms with E-state index < -0.39 is 0 Å². The van der Waals surface area contributed by atoms with E-state index in [1.807, 2.05) is 26.0 Å². The van der Waals surface area contributed by atoms with E-state index in [0.717, 1.165) is 34.8 Å². The van der Waals surface area contributed by atoms with Crippen LogP contribution in [-0.2, 0) is 5.41 Å².